The maximum Gasteiger partial charge on any atom is 0.331 e. The van der Waals surface area contributed by atoms with Crippen LogP contribution in [-0.4, -0.2) is 46.2 Å². The molecule has 0 spiro atoms. The molecule has 1 heterocycles. The highest BCUT2D eigenvalue weighted by Crippen LogP contribution is 2.11. The van der Waals surface area contributed by atoms with Crippen LogP contribution in [0, 0.1) is 0 Å². The van der Waals surface area contributed by atoms with Crippen molar-refractivity contribution >= 4 is 5.97 Å². The first-order valence-corrected chi connectivity index (χ1v) is 3.51. The number of cyclic esters (lactones) is 1. The molecule has 0 aromatic heterocycles. The lowest BCUT2D eigenvalue weighted by atomic mass is 10.1. The van der Waals surface area contributed by atoms with Gasteiger partial charge in [0.05, 0.1) is 6.61 Å². The summed E-state index contributed by atoms with van der Waals surface area (Å²) in [6, 6.07) is 0. The number of ether oxygens (including phenoxy) is 1. The summed E-state index contributed by atoms with van der Waals surface area (Å²) in [5.74, 6) is -0.552. The largest absolute Gasteiger partial charge is 0.452 e. The van der Waals surface area contributed by atoms with Crippen LogP contribution in [0.25, 0.3) is 0 Å². The molecule has 5 heteroatoms. The fourth-order valence-corrected chi connectivity index (χ4v) is 0.897. The van der Waals surface area contributed by atoms with E-state index in [2.05, 4.69) is 4.74 Å². The van der Waals surface area contributed by atoms with E-state index in [1.807, 2.05) is 0 Å². The van der Waals surface area contributed by atoms with Gasteiger partial charge in [-0.05, 0) is 6.08 Å². The Hall–Kier alpha value is -0.910. The highest BCUT2D eigenvalue weighted by molar-refractivity contribution is 5.84. The molecular formula is C7H10O5. The third-order valence-electron chi connectivity index (χ3n) is 1.59. The normalized spacial score (nSPS) is 26.9. The fourth-order valence-electron chi connectivity index (χ4n) is 0.897. The maximum atomic E-state index is 10.5. The van der Waals surface area contributed by atoms with Crippen LogP contribution in [0.15, 0.2) is 12.2 Å². The summed E-state index contributed by atoms with van der Waals surface area (Å²) in [7, 11) is 0. The summed E-state index contributed by atoms with van der Waals surface area (Å²) in [5, 5.41) is 26.6. The molecule has 0 amide bonds. The molecule has 0 unspecified atom stereocenters. The van der Waals surface area contributed by atoms with Crippen LogP contribution in [0.5, 0.6) is 0 Å². The smallest absolute Gasteiger partial charge is 0.331 e. The minimum Gasteiger partial charge on any atom is -0.452 e. The average Bonchev–Trinajstić information content (AvgIpc) is 2.49. The van der Waals surface area contributed by atoms with Crippen molar-refractivity contribution in [1.29, 1.82) is 0 Å². The second-order valence-electron chi connectivity index (χ2n) is 2.50. The van der Waals surface area contributed by atoms with Gasteiger partial charge in [-0.25, -0.2) is 4.79 Å². The molecule has 0 aromatic rings. The van der Waals surface area contributed by atoms with Gasteiger partial charge in [-0.1, -0.05) is 0 Å². The predicted molar refractivity (Wildman–Crippen MR) is 38.1 cm³/mol. The zero-order chi connectivity index (χ0) is 9.14. The van der Waals surface area contributed by atoms with Crippen LogP contribution in [0.1, 0.15) is 0 Å². The Balaban J connectivity index is 2.49. The van der Waals surface area contributed by atoms with Gasteiger partial charge >= 0.3 is 5.97 Å². The molecule has 0 aromatic carbocycles. The third kappa shape index (κ3) is 1.82. The van der Waals surface area contributed by atoms with Crippen LogP contribution in [0.4, 0.5) is 0 Å². The Bertz CT molecular complexity index is 200. The SMILES string of the molecule is O=C1C=C[C@H]([C@H](O)[C@H](O)CO)O1. The van der Waals surface area contributed by atoms with Crippen LogP contribution in [0.3, 0.4) is 0 Å². The zero-order valence-electron chi connectivity index (χ0n) is 6.25. The second kappa shape index (κ2) is 3.66. The Morgan fingerprint density at radius 1 is 1.58 bits per heavy atom. The fraction of sp³-hybridized carbons (Fsp3) is 0.571. The minimum absolute atomic E-state index is 0.552. The second-order valence-corrected chi connectivity index (χ2v) is 2.50. The van der Waals surface area contributed by atoms with Crippen molar-refractivity contribution in [1.82, 2.24) is 0 Å². The van der Waals surface area contributed by atoms with Crippen LogP contribution in [0.2, 0.25) is 0 Å². The summed E-state index contributed by atoms with van der Waals surface area (Å²) in [5.41, 5.74) is 0. The molecule has 0 aliphatic carbocycles. The highest BCUT2D eigenvalue weighted by Gasteiger charge is 2.29. The van der Waals surface area contributed by atoms with E-state index < -0.39 is 30.9 Å². The Morgan fingerprint density at radius 3 is 2.67 bits per heavy atom. The Kier molecular flexibility index (Phi) is 2.80. The molecule has 5 nitrogen and oxygen atoms in total. The lowest BCUT2D eigenvalue weighted by Gasteiger charge is -2.19. The predicted octanol–water partition coefficient (Wildman–Crippen LogP) is -1.82. The number of hydrogen-bond acceptors (Lipinski definition) is 5. The minimum atomic E-state index is -1.29. The van der Waals surface area contributed by atoms with Gasteiger partial charge in [0, 0.05) is 6.08 Å². The first kappa shape index (κ1) is 9.18. The summed E-state index contributed by atoms with van der Waals surface area (Å²) in [4.78, 5) is 10.5. The molecular weight excluding hydrogens is 164 g/mol. The lowest BCUT2D eigenvalue weighted by Crippen LogP contribution is -2.39. The van der Waals surface area contributed by atoms with Crippen molar-refractivity contribution in [3.05, 3.63) is 12.2 Å². The maximum absolute atomic E-state index is 10.5. The highest BCUT2D eigenvalue weighted by atomic mass is 16.6. The van der Waals surface area contributed by atoms with E-state index in [9.17, 15) is 9.90 Å². The molecule has 0 radical (unpaired) electrons. The molecule has 0 saturated heterocycles. The lowest BCUT2D eigenvalue weighted by molar-refractivity contribution is -0.147. The van der Waals surface area contributed by atoms with Gasteiger partial charge in [-0.3, -0.25) is 0 Å². The summed E-state index contributed by atoms with van der Waals surface area (Å²) in [6.07, 6.45) is -0.896. The molecule has 68 valence electrons. The summed E-state index contributed by atoms with van der Waals surface area (Å²) < 4.78 is 4.57. The van der Waals surface area contributed by atoms with E-state index in [-0.39, 0.29) is 0 Å². The first-order chi connectivity index (χ1) is 5.65. The van der Waals surface area contributed by atoms with E-state index in [1.54, 1.807) is 0 Å². The van der Waals surface area contributed by atoms with Gasteiger partial charge < -0.3 is 20.1 Å². The van der Waals surface area contributed by atoms with Gasteiger partial charge in [0.2, 0.25) is 0 Å². The molecule has 1 rings (SSSR count). The number of rotatable bonds is 3. The van der Waals surface area contributed by atoms with Gasteiger partial charge in [-0.15, -0.1) is 0 Å². The van der Waals surface area contributed by atoms with E-state index in [0.717, 1.165) is 6.08 Å². The molecule has 0 saturated carbocycles. The number of aliphatic hydroxyl groups excluding tert-OH is 3. The molecule has 0 bridgehead atoms. The molecule has 1 aliphatic rings. The number of esters is 1. The number of hydrogen-bond donors (Lipinski definition) is 3. The quantitative estimate of drug-likeness (QED) is 0.439. The van der Waals surface area contributed by atoms with Crippen LogP contribution in [-0.2, 0) is 9.53 Å². The van der Waals surface area contributed by atoms with Gasteiger partial charge in [-0.2, -0.15) is 0 Å². The molecule has 12 heavy (non-hydrogen) atoms. The van der Waals surface area contributed by atoms with E-state index in [1.165, 1.54) is 6.08 Å². The molecule has 1 aliphatic heterocycles. The zero-order valence-corrected chi connectivity index (χ0v) is 6.25. The van der Waals surface area contributed by atoms with E-state index >= 15 is 0 Å². The van der Waals surface area contributed by atoms with Gasteiger partial charge in [0.1, 0.15) is 18.3 Å². The van der Waals surface area contributed by atoms with E-state index in [0.29, 0.717) is 0 Å². The number of carbonyl (C=O) groups is 1. The number of aliphatic hydroxyl groups is 3. The van der Waals surface area contributed by atoms with Crippen molar-refractivity contribution in [2.24, 2.45) is 0 Å². The van der Waals surface area contributed by atoms with Crippen LogP contribution >= 0.6 is 0 Å². The van der Waals surface area contributed by atoms with Crippen LogP contribution < -0.4 is 0 Å². The number of carbonyl (C=O) groups excluding carboxylic acids is 1. The van der Waals surface area contributed by atoms with E-state index in [4.69, 9.17) is 10.2 Å². The summed E-state index contributed by atoms with van der Waals surface area (Å²) in [6.45, 7) is -0.566. The van der Waals surface area contributed by atoms with Crippen molar-refractivity contribution in [3.8, 4) is 0 Å². The topological polar surface area (TPSA) is 87.0 Å². The van der Waals surface area contributed by atoms with Crippen molar-refractivity contribution in [2.45, 2.75) is 18.3 Å². The van der Waals surface area contributed by atoms with Gasteiger partial charge in [0.25, 0.3) is 0 Å². The Morgan fingerprint density at radius 2 is 2.25 bits per heavy atom. The average molecular weight is 174 g/mol. The Labute approximate surface area is 68.9 Å². The standard InChI is InChI=1S/C7H10O5/c8-3-4(9)7(11)5-1-2-6(10)12-5/h1-2,4-5,7-9,11H,3H2/t4-,5-,7-/m1/s1. The molecule has 0 fully saturated rings. The van der Waals surface area contributed by atoms with Gasteiger partial charge in [0.15, 0.2) is 0 Å². The monoisotopic (exact) mass is 174 g/mol. The summed E-state index contributed by atoms with van der Waals surface area (Å²) >= 11 is 0. The van der Waals surface area contributed by atoms with Crippen molar-refractivity contribution < 1.29 is 24.9 Å². The van der Waals surface area contributed by atoms with Crippen molar-refractivity contribution in [2.75, 3.05) is 6.61 Å². The van der Waals surface area contributed by atoms with Crippen molar-refractivity contribution in [3.63, 3.8) is 0 Å². The molecule has 3 N–H and O–H groups in total. The third-order valence-corrected chi connectivity index (χ3v) is 1.59. The molecule has 3 atom stereocenters. The first-order valence-electron chi connectivity index (χ1n) is 3.51.